The van der Waals surface area contributed by atoms with Gasteiger partial charge in [0.1, 0.15) is 24.6 Å². The SMILES string of the molecule is COc1c(C)cc2c(c1O)[C@@H]1C3[C@@H]4SCC(NC(C)=O)C(=O)OC[C@H](c5c6c(c(C)c(OC(C)=O)c54)OCO6)N3[C@@H](O)[C@H](C2)N1C. The first-order valence-corrected chi connectivity index (χ1v) is 16.3. The Kier molecular flexibility index (Phi) is 7.54. The smallest absolute Gasteiger partial charge is 0.329 e. The van der Waals surface area contributed by atoms with Crippen LogP contribution in [0.3, 0.4) is 0 Å². The Bertz CT molecular complexity index is 1670. The molecule has 4 bridgehead atoms. The number of cyclic esters (lactones) is 1. The zero-order valence-corrected chi connectivity index (χ0v) is 27.2. The minimum absolute atomic E-state index is 0.0342. The number of esters is 2. The van der Waals surface area contributed by atoms with Crippen molar-refractivity contribution < 1.29 is 48.3 Å². The number of aromatic hydroxyl groups is 1. The van der Waals surface area contributed by atoms with Gasteiger partial charge in [-0.2, -0.15) is 0 Å². The molecule has 5 aliphatic rings. The quantitative estimate of drug-likeness (QED) is 0.327. The van der Waals surface area contributed by atoms with Crippen molar-refractivity contribution in [2.75, 3.05) is 33.3 Å². The lowest BCUT2D eigenvalue weighted by Crippen LogP contribution is -2.69. The van der Waals surface area contributed by atoms with Crippen LogP contribution in [-0.2, 0) is 25.5 Å². The molecule has 0 saturated carbocycles. The Balaban J connectivity index is 1.52. The highest BCUT2D eigenvalue weighted by molar-refractivity contribution is 7.99. The van der Waals surface area contributed by atoms with Gasteiger partial charge in [-0.15, -0.1) is 11.8 Å². The third kappa shape index (κ3) is 4.44. The van der Waals surface area contributed by atoms with Gasteiger partial charge in [-0.05, 0) is 38.4 Å². The van der Waals surface area contributed by atoms with Gasteiger partial charge in [0.25, 0.3) is 0 Å². The molecule has 0 aromatic heterocycles. The van der Waals surface area contributed by atoms with Gasteiger partial charge in [0, 0.05) is 47.9 Å². The lowest BCUT2D eigenvalue weighted by Gasteiger charge is -2.62. The summed E-state index contributed by atoms with van der Waals surface area (Å²) in [5.41, 5.74) is 4.24. The predicted molar refractivity (Wildman–Crippen MR) is 164 cm³/mol. The first-order chi connectivity index (χ1) is 21.9. The van der Waals surface area contributed by atoms with E-state index in [0.29, 0.717) is 51.7 Å². The van der Waals surface area contributed by atoms with Crippen molar-refractivity contribution in [2.24, 2.45) is 0 Å². The number of piperazine rings is 1. The molecule has 5 heterocycles. The number of benzene rings is 2. The maximum atomic E-state index is 13.3. The van der Waals surface area contributed by atoms with Gasteiger partial charge in [-0.25, -0.2) is 4.79 Å². The summed E-state index contributed by atoms with van der Waals surface area (Å²) >= 11 is 1.38. The molecule has 0 aliphatic carbocycles. The third-order valence-electron chi connectivity index (χ3n) is 9.87. The number of methoxy groups -OCH3 is 1. The lowest BCUT2D eigenvalue weighted by atomic mass is 9.73. The molecule has 2 fully saturated rings. The van der Waals surface area contributed by atoms with E-state index in [1.54, 1.807) is 6.92 Å². The summed E-state index contributed by atoms with van der Waals surface area (Å²) in [4.78, 5) is 42.1. The Hall–Kier alpha value is -3.72. The van der Waals surface area contributed by atoms with Crippen LogP contribution in [0, 0.1) is 13.8 Å². The second-order valence-corrected chi connectivity index (χ2v) is 13.6. The number of amides is 1. The topological polar surface area (TPSA) is 156 Å². The molecular weight excluding hydrogens is 618 g/mol. The fourth-order valence-corrected chi connectivity index (χ4v) is 9.63. The number of aliphatic hydroxyl groups is 1. The van der Waals surface area contributed by atoms with Crippen molar-refractivity contribution in [1.29, 1.82) is 0 Å². The second-order valence-electron chi connectivity index (χ2n) is 12.5. The maximum Gasteiger partial charge on any atom is 0.329 e. The number of likely N-dealkylation sites (N-methyl/N-ethyl adjacent to an activating group) is 1. The van der Waals surface area contributed by atoms with E-state index in [4.69, 9.17) is 23.7 Å². The van der Waals surface area contributed by atoms with Crippen LogP contribution in [0.1, 0.15) is 64.6 Å². The number of nitrogens with one attached hydrogen (secondary N) is 1. The number of phenolic OH excluding ortho intramolecular Hbond substituents is 1. The Morgan fingerprint density at radius 1 is 1.09 bits per heavy atom. The number of hydrogen-bond donors (Lipinski definition) is 3. The first-order valence-electron chi connectivity index (χ1n) is 15.2. The predicted octanol–water partition coefficient (Wildman–Crippen LogP) is 2.16. The van der Waals surface area contributed by atoms with Crippen molar-refractivity contribution in [3.05, 3.63) is 39.4 Å². The first kappa shape index (κ1) is 30.9. The van der Waals surface area contributed by atoms with Crippen LogP contribution >= 0.6 is 11.8 Å². The van der Waals surface area contributed by atoms with Crippen LogP contribution < -0.4 is 24.3 Å². The molecule has 246 valence electrons. The van der Waals surface area contributed by atoms with E-state index in [9.17, 15) is 24.6 Å². The Morgan fingerprint density at radius 3 is 2.52 bits per heavy atom. The van der Waals surface area contributed by atoms with Crippen LogP contribution in [0.25, 0.3) is 0 Å². The number of aryl methyl sites for hydroxylation is 1. The lowest BCUT2D eigenvalue weighted by molar-refractivity contribution is -0.184. The number of thioether (sulfide) groups is 1. The van der Waals surface area contributed by atoms with E-state index in [1.165, 1.54) is 32.7 Å². The van der Waals surface area contributed by atoms with E-state index in [2.05, 4.69) is 10.2 Å². The number of carbonyl (C=O) groups excluding carboxylic acids is 3. The third-order valence-corrected chi connectivity index (χ3v) is 11.3. The van der Waals surface area contributed by atoms with Gasteiger partial charge >= 0.3 is 11.9 Å². The molecular formula is C32H37N3O10S. The van der Waals surface area contributed by atoms with E-state index in [-0.39, 0.29) is 36.9 Å². The standard InChI is InChI=1S/C32H37N3O10S/c1-12-7-16-8-18-31(39)35-19-9-42-32(40)17(33-14(3)36)10-46-30(24(35)23(34(18)5)20(16)25(38)26(12)41-6)22-21(19)29-28(43-11-44-29)13(2)27(22)45-15(4)37/h7,17-19,23-24,30-31,38-39H,8-11H2,1-6H3,(H,33,36)/t17?,18-,19+,23+,24?,30+,31-/m0/s1. The number of aliphatic hydroxyl groups excluding tert-OH is 1. The molecule has 2 aromatic carbocycles. The number of nitrogens with zero attached hydrogens (tertiary/aromatic N) is 2. The molecule has 7 rings (SSSR count). The average Bonchev–Trinajstić information content (AvgIpc) is 3.48. The van der Waals surface area contributed by atoms with E-state index in [1.807, 2.05) is 24.9 Å². The zero-order valence-electron chi connectivity index (χ0n) is 26.4. The molecule has 2 saturated heterocycles. The van der Waals surface area contributed by atoms with Gasteiger partial charge in [-0.3, -0.25) is 19.4 Å². The number of rotatable bonds is 3. The van der Waals surface area contributed by atoms with Gasteiger partial charge in [0.05, 0.1) is 30.5 Å². The maximum absolute atomic E-state index is 13.3. The molecule has 13 nitrogen and oxygen atoms in total. The molecule has 7 atom stereocenters. The summed E-state index contributed by atoms with van der Waals surface area (Å²) in [6.07, 6.45) is -0.567. The number of fused-ring (bicyclic) bond motifs is 9. The Morgan fingerprint density at radius 2 is 1.83 bits per heavy atom. The summed E-state index contributed by atoms with van der Waals surface area (Å²) in [5, 5.41) is 26.2. The molecule has 14 heteroatoms. The van der Waals surface area contributed by atoms with Crippen LogP contribution in [-0.4, -0.2) is 95.5 Å². The van der Waals surface area contributed by atoms with Crippen molar-refractivity contribution in [2.45, 2.75) is 75.8 Å². The fraction of sp³-hybridized carbons (Fsp3) is 0.531. The molecule has 1 amide bonds. The van der Waals surface area contributed by atoms with E-state index >= 15 is 0 Å². The van der Waals surface area contributed by atoms with Crippen LogP contribution in [0.15, 0.2) is 6.07 Å². The largest absolute Gasteiger partial charge is 0.504 e. The van der Waals surface area contributed by atoms with E-state index in [0.717, 1.165) is 11.1 Å². The molecule has 46 heavy (non-hydrogen) atoms. The monoisotopic (exact) mass is 655 g/mol. The van der Waals surface area contributed by atoms with Gasteiger partial charge in [-0.1, -0.05) is 6.07 Å². The number of phenols is 1. The van der Waals surface area contributed by atoms with Gasteiger partial charge in [0.15, 0.2) is 23.0 Å². The normalized spacial score (nSPS) is 29.6. The molecule has 0 radical (unpaired) electrons. The highest BCUT2D eigenvalue weighted by Crippen LogP contribution is 2.63. The fourth-order valence-electron chi connectivity index (χ4n) is 8.12. The summed E-state index contributed by atoms with van der Waals surface area (Å²) in [6.45, 7) is 6.10. The minimum atomic E-state index is -1.02. The molecule has 5 aliphatic heterocycles. The summed E-state index contributed by atoms with van der Waals surface area (Å²) in [5.74, 6) is 0.223. The highest BCUT2D eigenvalue weighted by Gasteiger charge is 2.60. The zero-order chi connectivity index (χ0) is 32.8. The molecule has 2 unspecified atom stereocenters. The van der Waals surface area contributed by atoms with Crippen molar-refractivity contribution in [1.82, 2.24) is 15.1 Å². The number of hydrogen-bond acceptors (Lipinski definition) is 13. The van der Waals surface area contributed by atoms with Gasteiger partial charge in [0.2, 0.25) is 12.7 Å². The Labute approximate surface area is 270 Å². The molecule has 2 aromatic rings. The van der Waals surface area contributed by atoms with Crippen LogP contribution in [0.5, 0.6) is 28.7 Å². The van der Waals surface area contributed by atoms with Crippen molar-refractivity contribution in [3.63, 3.8) is 0 Å². The van der Waals surface area contributed by atoms with Crippen LogP contribution in [0.4, 0.5) is 0 Å². The van der Waals surface area contributed by atoms with Crippen molar-refractivity contribution >= 4 is 29.6 Å². The van der Waals surface area contributed by atoms with E-state index < -0.39 is 47.6 Å². The summed E-state index contributed by atoms with van der Waals surface area (Å²) in [7, 11) is 3.45. The van der Waals surface area contributed by atoms with Crippen molar-refractivity contribution in [3.8, 4) is 28.7 Å². The summed E-state index contributed by atoms with van der Waals surface area (Å²) < 4.78 is 29.4. The number of ether oxygens (including phenoxy) is 5. The number of carbonyl (C=O) groups is 3. The second kappa shape index (κ2) is 11.2. The average molecular weight is 656 g/mol. The van der Waals surface area contributed by atoms with Crippen LogP contribution in [0.2, 0.25) is 0 Å². The highest BCUT2D eigenvalue weighted by atomic mass is 32.2. The van der Waals surface area contributed by atoms with Gasteiger partial charge < -0.3 is 39.2 Å². The minimum Gasteiger partial charge on any atom is -0.504 e. The molecule has 0 spiro atoms. The summed E-state index contributed by atoms with van der Waals surface area (Å²) in [6, 6.07) is -1.08. The molecule has 3 N–H and O–H groups in total.